The fourth-order valence-electron chi connectivity index (χ4n) is 2.52. The van der Waals surface area contributed by atoms with E-state index in [-0.39, 0.29) is 5.91 Å². The second kappa shape index (κ2) is 6.83. The summed E-state index contributed by atoms with van der Waals surface area (Å²) in [5.74, 6) is -0.285. The summed E-state index contributed by atoms with van der Waals surface area (Å²) in [6.45, 7) is 4.77. The van der Waals surface area contributed by atoms with E-state index in [1.165, 1.54) is 0 Å². The van der Waals surface area contributed by atoms with Gasteiger partial charge in [-0.05, 0) is 32.0 Å². The number of halogens is 2. The van der Waals surface area contributed by atoms with Crippen LogP contribution in [-0.2, 0) is 16.2 Å². The predicted molar refractivity (Wildman–Crippen MR) is 93.8 cm³/mol. The third kappa shape index (κ3) is 3.25. The highest BCUT2D eigenvalue weighted by molar-refractivity contribution is 6.42. The molecule has 0 saturated carbocycles. The molecule has 1 amide bonds. The summed E-state index contributed by atoms with van der Waals surface area (Å²) >= 11 is 11.8. The van der Waals surface area contributed by atoms with Crippen LogP contribution < -0.4 is 5.32 Å². The first-order valence-corrected chi connectivity index (χ1v) is 8.26. The van der Waals surface area contributed by atoms with Gasteiger partial charge in [-0.3, -0.25) is 9.48 Å². The Labute approximate surface area is 149 Å². The first-order chi connectivity index (χ1) is 11.5. The Bertz CT molecular complexity index is 816. The SMILES string of the molecule is CCn1ncc(C2=NO[C@@H](C(=O)Nc3ccc(Cl)c(Cl)c3)C2)c1C. The zero-order valence-electron chi connectivity index (χ0n) is 13.2. The van der Waals surface area contributed by atoms with E-state index in [0.29, 0.717) is 22.2 Å². The Balaban J connectivity index is 1.66. The highest BCUT2D eigenvalue weighted by Gasteiger charge is 2.30. The molecular weight excluding hydrogens is 351 g/mol. The van der Waals surface area contributed by atoms with Crippen molar-refractivity contribution in [3.8, 4) is 0 Å². The van der Waals surface area contributed by atoms with E-state index < -0.39 is 6.10 Å². The summed E-state index contributed by atoms with van der Waals surface area (Å²) < 4.78 is 1.88. The first-order valence-electron chi connectivity index (χ1n) is 7.51. The van der Waals surface area contributed by atoms with Gasteiger partial charge in [0.05, 0.1) is 22.0 Å². The highest BCUT2D eigenvalue weighted by Crippen LogP contribution is 2.26. The monoisotopic (exact) mass is 366 g/mol. The zero-order chi connectivity index (χ0) is 17.3. The number of oxime groups is 1. The molecule has 2 aromatic rings. The largest absolute Gasteiger partial charge is 0.382 e. The van der Waals surface area contributed by atoms with Gasteiger partial charge in [0.25, 0.3) is 5.91 Å². The average molecular weight is 367 g/mol. The third-order valence-corrected chi connectivity index (χ3v) is 4.60. The highest BCUT2D eigenvalue weighted by atomic mass is 35.5. The number of anilines is 1. The Morgan fingerprint density at radius 1 is 1.42 bits per heavy atom. The van der Waals surface area contributed by atoms with Gasteiger partial charge in [0, 0.05) is 29.9 Å². The zero-order valence-corrected chi connectivity index (χ0v) is 14.7. The van der Waals surface area contributed by atoms with Crippen molar-refractivity contribution < 1.29 is 9.63 Å². The molecule has 6 nitrogen and oxygen atoms in total. The third-order valence-electron chi connectivity index (χ3n) is 3.86. The minimum absolute atomic E-state index is 0.285. The molecule has 24 heavy (non-hydrogen) atoms. The van der Waals surface area contributed by atoms with Crippen LogP contribution in [0.3, 0.4) is 0 Å². The van der Waals surface area contributed by atoms with Crippen molar-refractivity contribution in [2.24, 2.45) is 5.16 Å². The summed E-state index contributed by atoms with van der Waals surface area (Å²) in [6.07, 6.45) is 1.46. The van der Waals surface area contributed by atoms with Gasteiger partial charge in [0.1, 0.15) is 0 Å². The second-order valence-corrected chi connectivity index (χ2v) is 6.23. The Hall–Kier alpha value is -2.05. The van der Waals surface area contributed by atoms with Crippen LogP contribution in [0, 0.1) is 6.92 Å². The number of hydrogen-bond acceptors (Lipinski definition) is 4. The van der Waals surface area contributed by atoms with E-state index in [1.54, 1.807) is 24.4 Å². The molecule has 1 N–H and O–H groups in total. The number of carbonyl (C=O) groups excluding carboxylic acids is 1. The molecular formula is C16H16Cl2N4O2. The van der Waals surface area contributed by atoms with Crippen LogP contribution in [0.4, 0.5) is 5.69 Å². The molecule has 0 saturated heterocycles. The molecule has 0 fully saturated rings. The summed E-state index contributed by atoms with van der Waals surface area (Å²) in [4.78, 5) is 17.6. The van der Waals surface area contributed by atoms with E-state index in [0.717, 1.165) is 23.5 Å². The maximum absolute atomic E-state index is 12.3. The first kappa shape index (κ1) is 16.8. The topological polar surface area (TPSA) is 68.5 Å². The van der Waals surface area contributed by atoms with E-state index in [2.05, 4.69) is 15.6 Å². The van der Waals surface area contributed by atoms with Crippen LogP contribution in [0.15, 0.2) is 29.6 Å². The van der Waals surface area contributed by atoms with Gasteiger partial charge in [-0.25, -0.2) is 0 Å². The maximum Gasteiger partial charge on any atom is 0.268 e. The lowest BCUT2D eigenvalue weighted by Gasteiger charge is -2.10. The van der Waals surface area contributed by atoms with Gasteiger partial charge in [-0.2, -0.15) is 5.10 Å². The van der Waals surface area contributed by atoms with Crippen LogP contribution in [-0.4, -0.2) is 27.5 Å². The van der Waals surface area contributed by atoms with Crippen molar-refractivity contribution in [2.45, 2.75) is 32.9 Å². The molecule has 1 aliphatic rings. The van der Waals surface area contributed by atoms with Crippen molar-refractivity contribution in [1.82, 2.24) is 9.78 Å². The molecule has 1 atom stereocenters. The normalized spacial score (nSPS) is 16.7. The number of benzene rings is 1. The molecule has 126 valence electrons. The van der Waals surface area contributed by atoms with Crippen molar-refractivity contribution in [3.63, 3.8) is 0 Å². The van der Waals surface area contributed by atoms with E-state index in [9.17, 15) is 4.79 Å². The molecule has 0 radical (unpaired) electrons. The van der Waals surface area contributed by atoms with Gasteiger partial charge < -0.3 is 10.2 Å². The quantitative estimate of drug-likeness (QED) is 0.897. The lowest BCUT2D eigenvalue weighted by molar-refractivity contribution is -0.125. The van der Waals surface area contributed by atoms with Gasteiger partial charge in [-0.1, -0.05) is 28.4 Å². The van der Waals surface area contributed by atoms with Crippen molar-refractivity contribution in [2.75, 3.05) is 5.32 Å². The van der Waals surface area contributed by atoms with Crippen molar-refractivity contribution >= 4 is 40.5 Å². The van der Waals surface area contributed by atoms with Gasteiger partial charge >= 0.3 is 0 Å². The molecule has 0 bridgehead atoms. The number of nitrogens with one attached hydrogen (secondary N) is 1. The number of aryl methyl sites for hydroxylation is 1. The molecule has 1 aliphatic heterocycles. The summed E-state index contributed by atoms with van der Waals surface area (Å²) in [5, 5.41) is 11.9. The number of rotatable bonds is 4. The van der Waals surface area contributed by atoms with Crippen LogP contribution in [0.2, 0.25) is 10.0 Å². The van der Waals surface area contributed by atoms with Crippen LogP contribution in [0.5, 0.6) is 0 Å². The molecule has 8 heteroatoms. The van der Waals surface area contributed by atoms with Gasteiger partial charge in [-0.15, -0.1) is 0 Å². The molecule has 1 aromatic carbocycles. The molecule has 1 aromatic heterocycles. The standard InChI is InChI=1S/C16H16Cl2N4O2/c1-3-22-9(2)11(8-19-22)14-7-15(24-21-14)16(23)20-10-4-5-12(17)13(18)6-10/h4-6,8,15H,3,7H2,1-2H3,(H,20,23)/t15-/m1/s1. The lowest BCUT2D eigenvalue weighted by atomic mass is 10.1. The summed E-state index contributed by atoms with van der Waals surface area (Å²) in [7, 11) is 0. The van der Waals surface area contributed by atoms with Crippen molar-refractivity contribution in [1.29, 1.82) is 0 Å². The average Bonchev–Trinajstić information content (AvgIpc) is 3.17. The van der Waals surface area contributed by atoms with E-state index >= 15 is 0 Å². The molecule has 3 rings (SSSR count). The van der Waals surface area contributed by atoms with Gasteiger partial charge in [0.15, 0.2) is 0 Å². The summed E-state index contributed by atoms with van der Waals surface area (Å²) in [5.41, 5.74) is 3.19. The summed E-state index contributed by atoms with van der Waals surface area (Å²) in [6, 6.07) is 4.89. The van der Waals surface area contributed by atoms with Crippen LogP contribution in [0.1, 0.15) is 24.6 Å². The Morgan fingerprint density at radius 3 is 2.88 bits per heavy atom. The predicted octanol–water partition coefficient (Wildman–Crippen LogP) is 3.65. The second-order valence-electron chi connectivity index (χ2n) is 5.41. The van der Waals surface area contributed by atoms with Crippen LogP contribution in [0.25, 0.3) is 0 Å². The molecule has 0 unspecified atom stereocenters. The number of aromatic nitrogens is 2. The smallest absolute Gasteiger partial charge is 0.268 e. The Kier molecular flexibility index (Phi) is 4.78. The number of amides is 1. The van der Waals surface area contributed by atoms with E-state index in [4.69, 9.17) is 28.0 Å². The fourth-order valence-corrected chi connectivity index (χ4v) is 2.82. The minimum atomic E-state index is -0.682. The van der Waals surface area contributed by atoms with E-state index in [1.807, 2.05) is 18.5 Å². The number of carbonyl (C=O) groups is 1. The van der Waals surface area contributed by atoms with Gasteiger partial charge in [0.2, 0.25) is 6.10 Å². The minimum Gasteiger partial charge on any atom is -0.382 e. The molecule has 0 spiro atoms. The maximum atomic E-state index is 12.3. The fraction of sp³-hybridized carbons (Fsp3) is 0.312. The Morgan fingerprint density at radius 2 is 2.21 bits per heavy atom. The lowest BCUT2D eigenvalue weighted by Crippen LogP contribution is -2.28. The molecule has 0 aliphatic carbocycles. The van der Waals surface area contributed by atoms with Crippen LogP contribution >= 0.6 is 23.2 Å². The van der Waals surface area contributed by atoms with Crippen molar-refractivity contribution in [3.05, 3.63) is 45.7 Å². The number of nitrogens with zero attached hydrogens (tertiary/aromatic N) is 3. The molecule has 2 heterocycles. The number of hydrogen-bond donors (Lipinski definition) is 1.